The van der Waals surface area contributed by atoms with Gasteiger partial charge in [-0.15, -0.1) is 0 Å². The van der Waals surface area contributed by atoms with Crippen molar-refractivity contribution in [3.63, 3.8) is 0 Å². The third kappa shape index (κ3) is 5.56. The standard InChI is InChI=1S/C34H37ClN6O5S/c1-38(2)32(42)30-5-4-16-40(30)34(27-12-8-24(19-31(27)46-3)22-39-17-14-37-15-18-39)28-20-25(35)9-13-29(28)41(33(34)43)47(44,45)26-10-6-23(21-36)7-11-26/h6-13,19-20,30,37H,4-5,14-18,22H2,1-3H3/t30-,34?/m0/s1. The van der Waals surface area contributed by atoms with E-state index in [1.807, 2.05) is 29.2 Å². The molecule has 47 heavy (non-hydrogen) atoms. The molecule has 3 aromatic carbocycles. The van der Waals surface area contributed by atoms with Crippen LogP contribution in [0, 0.1) is 11.3 Å². The van der Waals surface area contributed by atoms with Crippen molar-refractivity contribution in [3.05, 3.63) is 87.9 Å². The summed E-state index contributed by atoms with van der Waals surface area (Å²) in [5.41, 5.74) is 0.395. The number of methoxy groups -OCH3 is 1. The maximum absolute atomic E-state index is 15.3. The molecule has 3 aliphatic heterocycles. The van der Waals surface area contributed by atoms with Gasteiger partial charge >= 0.3 is 0 Å². The minimum absolute atomic E-state index is 0.138. The van der Waals surface area contributed by atoms with Gasteiger partial charge in [-0.1, -0.05) is 23.7 Å². The molecule has 3 aromatic rings. The first-order chi connectivity index (χ1) is 22.5. The Kier molecular flexibility index (Phi) is 9.04. The van der Waals surface area contributed by atoms with Crippen LogP contribution >= 0.6 is 11.6 Å². The number of nitrogens with zero attached hydrogens (tertiary/aromatic N) is 5. The van der Waals surface area contributed by atoms with Crippen LogP contribution in [-0.2, 0) is 31.7 Å². The number of likely N-dealkylation sites (N-methyl/N-ethyl adjacent to an activating group) is 1. The summed E-state index contributed by atoms with van der Waals surface area (Å²) in [6.07, 6.45) is 1.09. The number of hydrogen-bond acceptors (Lipinski definition) is 9. The predicted molar refractivity (Wildman–Crippen MR) is 178 cm³/mol. The lowest BCUT2D eigenvalue weighted by molar-refractivity contribution is -0.138. The molecule has 1 unspecified atom stereocenters. The molecule has 2 amide bonds. The summed E-state index contributed by atoms with van der Waals surface area (Å²) in [6.45, 7) is 4.59. The summed E-state index contributed by atoms with van der Waals surface area (Å²) in [5.74, 6) is -0.552. The molecule has 2 saturated heterocycles. The number of anilines is 1. The Hall–Kier alpha value is -3.99. The van der Waals surface area contributed by atoms with E-state index in [4.69, 9.17) is 16.3 Å². The Labute approximate surface area is 280 Å². The van der Waals surface area contributed by atoms with Crippen molar-refractivity contribution in [1.29, 1.82) is 5.26 Å². The summed E-state index contributed by atoms with van der Waals surface area (Å²) < 4.78 is 35.7. The smallest absolute Gasteiger partial charge is 0.271 e. The second kappa shape index (κ2) is 12.9. The molecular formula is C34H37ClN6O5S. The normalized spacial score (nSPS) is 21.8. The van der Waals surface area contributed by atoms with Gasteiger partial charge in [-0.3, -0.25) is 19.4 Å². The number of benzene rings is 3. The van der Waals surface area contributed by atoms with Gasteiger partial charge in [-0.25, -0.2) is 12.7 Å². The van der Waals surface area contributed by atoms with Crippen LogP contribution in [0.15, 0.2) is 65.6 Å². The number of nitrogens with one attached hydrogen (secondary N) is 1. The molecule has 246 valence electrons. The summed E-state index contributed by atoms with van der Waals surface area (Å²) >= 11 is 6.62. The fourth-order valence-corrected chi connectivity index (χ4v) is 8.70. The number of piperazine rings is 1. The zero-order chi connectivity index (χ0) is 33.5. The third-order valence-electron chi connectivity index (χ3n) is 9.26. The fourth-order valence-electron chi connectivity index (χ4n) is 7.07. The number of rotatable bonds is 8. The van der Waals surface area contributed by atoms with E-state index >= 15 is 4.79 Å². The van der Waals surface area contributed by atoms with Crippen LogP contribution in [0.5, 0.6) is 5.75 Å². The molecule has 2 atom stereocenters. The Morgan fingerprint density at radius 2 is 1.79 bits per heavy atom. The van der Waals surface area contributed by atoms with Gasteiger partial charge in [-0.05, 0) is 66.9 Å². The quantitative estimate of drug-likeness (QED) is 0.383. The zero-order valence-electron chi connectivity index (χ0n) is 26.6. The van der Waals surface area contributed by atoms with Gasteiger partial charge in [0.05, 0.1) is 35.4 Å². The van der Waals surface area contributed by atoms with E-state index in [9.17, 15) is 18.5 Å². The first-order valence-corrected chi connectivity index (χ1v) is 17.3. The monoisotopic (exact) mass is 676 g/mol. The highest BCUT2D eigenvalue weighted by atomic mass is 35.5. The number of nitriles is 1. The molecule has 0 bridgehead atoms. The van der Waals surface area contributed by atoms with Gasteiger partial charge in [0.1, 0.15) is 5.75 Å². The van der Waals surface area contributed by atoms with Crippen LogP contribution in [0.4, 0.5) is 5.69 Å². The van der Waals surface area contributed by atoms with Gasteiger partial charge in [0.25, 0.3) is 15.9 Å². The summed E-state index contributed by atoms with van der Waals surface area (Å²) in [5, 5.41) is 13.0. The minimum atomic E-state index is -4.49. The largest absolute Gasteiger partial charge is 0.496 e. The molecule has 0 aliphatic carbocycles. The number of ether oxygens (including phenoxy) is 1. The van der Waals surface area contributed by atoms with E-state index in [0.717, 1.165) is 36.0 Å². The molecule has 2 fully saturated rings. The van der Waals surface area contributed by atoms with Gasteiger partial charge in [0.2, 0.25) is 5.91 Å². The first-order valence-electron chi connectivity index (χ1n) is 15.5. The van der Waals surface area contributed by atoms with E-state index < -0.39 is 27.5 Å². The third-order valence-corrected chi connectivity index (χ3v) is 11.2. The molecule has 6 rings (SSSR count). The molecule has 3 heterocycles. The average Bonchev–Trinajstić information content (AvgIpc) is 3.66. The highest BCUT2D eigenvalue weighted by Crippen LogP contribution is 2.55. The molecule has 0 saturated carbocycles. The summed E-state index contributed by atoms with van der Waals surface area (Å²) in [7, 11) is 0.365. The number of likely N-dealkylation sites (tertiary alicyclic amines) is 1. The Balaban J connectivity index is 1.59. The van der Waals surface area contributed by atoms with Crippen molar-refractivity contribution in [1.82, 2.24) is 20.0 Å². The summed E-state index contributed by atoms with van der Waals surface area (Å²) in [4.78, 5) is 34.6. The summed E-state index contributed by atoms with van der Waals surface area (Å²) in [6, 6.07) is 17.1. The topological polar surface area (TPSA) is 126 Å². The molecular weight excluding hydrogens is 640 g/mol. The number of hydrogen-bond donors (Lipinski definition) is 1. The molecule has 3 aliphatic rings. The lowest BCUT2D eigenvalue weighted by Crippen LogP contribution is -2.59. The van der Waals surface area contributed by atoms with Gasteiger partial charge < -0.3 is 15.0 Å². The van der Waals surface area contributed by atoms with Crippen molar-refractivity contribution in [2.45, 2.75) is 35.9 Å². The lowest BCUT2D eigenvalue weighted by Gasteiger charge is -2.42. The SMILES string of the molecule is COc1cc(CN2CCNCC2)ccc1C1(N2CCC[C@H]2C(=O)N(C)C)C(=O)N(S(=O)(=O)c2ccc(C#N)cc2)c2ccc(Cl)cc21. The average molecular weight is 677 g/mol. The van der Waals surface area contributed by atoms with Crippen LogP contribution in [0.1, 0.15) is 35.1 Å². The highest BCUT2D eigenvalue weighted by molar-refractivity contribution is 7.93. The first kappa shape index (κ1) is 32.9. The molecule has 13 heteroatoms. The van der Waals surface area contributed by atoms with Crippen LogP contribution in [0.2, 0.25) is 5.02 Å². The van der Waals surface area contributed by atoms with Crippen molar-refractivity contribution in [3.8, 4) is 11.8 Å². The van der Waals surface area contributed by atoms with Crippen molar-refractivity contribution >= 4 is 39.1 Å². The Morgan fingerprint density at radius 3 is 2.45 bits per heavy atom. The Bertz CT molecular complexity index is 1860. The molecule has 11 nitrogen and oxygen atoms in total. The highest BCUT2D eigenvalue weighted by Gasteiger charge is 2.63. The molecule has 0 spiro atoms. The molecule has 0 radical (unpaired) electrons. The fraction of sp³-hybridized carbons (Fsp3) is 0.382. The van der Waals surface area contributed by atoms with E-state index in [2.05, 4.69) is 10.2 Å². The second-order valence-electron chi connectivity index (χ2n) is 12.2. The van der Waals surface area contributed by atoms with Crippen molar-refractivity contribution in [2.24, 2.45) is 0 Å². The predicted octanol–water partition coefficient (Wildman–Crippen LogP) is 3.16. The van der Waals surface area contributed by atoms with E-state index in [-0.39, 0.29) is 22.1 Å². The maximum atomic E-state index is 15.3. The lowest BCUT2D eigenvalue weighted by atomic mass is 9.80. The van der Waals surface area contributed by atoms with Crippen LogP contribution in [0.25, 0.3) is 0 Å². The zero-order valence-corrected chi connectivity index (χ0v) is 28.1. The number of halogens is 1. The number of fused-ring (bicyclic) bond motifs is 1. The molecule has 1 N–H and O–H groups in total. The van der Waals surface area contributed by atoms with Crippen LogP contribution < -0.4 is 14.4 Å². The van der Waals surface area contributed by atoms with E-state index in [1.165, 1.54) is 42.3 Å². The number of carbonyl (C=O) groups is 2. The van der Waals surface area contributed by atoms with Gasteiger partial charge in [0.15, 0.2) is 5.54 Å². The minimum Gasteiger partial charge on any atom is -0.496 e. The van der Waals surface area contributed by atoms with Crippen LogP contribution in [-0.4, -0.2) is 94.9 Å². The van der Waals surface area contributed by atoms with Crippen molar-refractivity contribution < 1.29 is 22.7 Å². The molecule has 0 aromatic heterocycles. The maximum Gasteiger partial charge on any atom is 0.271 e. The van der Waals surface area contributed by atoms with Gasteiger partial charge in [0, 0.05) is 69.5 Å². The van der Waals surface area contributed by atoms with E-state index in [1.54, 1.807) is 26.2 Å². The number of sulfonamides is 1. The number of amides is 2. The number of carbonyl (C=O) groups excluding carboxylic acids is 2. The van der Waals surface area contributed by atoms with Crippen molar-refractivity contribution in [2.75, 3.05) is 58.2 Å². The van der Waals surface area contributed by atoms with Crippen LogP contribution in [0.3, 0.4) is 0 Å². The van der Waals surface area contributed by atoms with Gasteiger partial charge in [-0.2, -0.15) is 5.26 Å². The second-order valence-corrected chi connectivity index (χ2v) is 14.5. The Morgan fingerprint density at radius 1 is 1.06 bits per heavy atom. The van der Waals surface area contributed by atoms with E-state index in [0.29, 0.717) is 47.8 Å².